The summed E-state index contributed by atoms with van der Waals surface area (Å²) >= 11 is 0. The third kappa shape index (κ3) is 5.38. The van der Waals surface area contributed by atoms with Crippen molar-refractivity contribution in [3.8, 4) is 5.88 Å². The Morgan fingerprint density at radius 1 is 1.39 bits per heavy atom. The molecule has 1 saturated heterocycles. The second-order valence-corrected chi connectivity index (χ2v) is 5.58. The average molecular weight is 331 g/mol. The molecule has 23 heavy (non-hydrogen) atoms. The SMILES string of the molecule is CNCC1CCN(C(=O)c2ccc(OCC(F)(F)F)nc2)CC1. The van der Waals surface area contributed by atoms with Crippen molar-refractivity contribution in [3.05, 3.63) is 23.9 Å². The molecule has 0 aliphatic carbocycles. The lowest BCUT2D eigenvalue weighted by Crippen LogP contribution is -2.40. The van der Waals surface area contributed by atoms with Crippen LogP contribution in [0.3, 0.4) is 0 Å². The molecule has 128 valence electrons. The average Bonchev–Trinajstić information content (AvgIpc) is 2.53. The highest BCUT2D eigenvalue weighted by Crippen LogP contribution is 2.20. The Bertz CT molecular complexity index is 512. The van der Waals surface area contributed by atoms with Gasteiger partial charge in [0.2, 0.25) is 5.88 Å². The van der Waals surface area contributed by atoms with E-state index >= 15 is 0 Å². The maximum Gasteiger partial charge on any atom is 0.422 e. The number of likely N-dealkylation sites (tertiary alicyclic amines) is 1. The highest BCUT2D eigenvalue weighted by molar-refractivity contribution is 5.94. The number of alkyl halides is 3. The first-order valence-corrected chi connectivity index (χ1v) is 7.48. The molecule has 1 N–H and O–H groups in total. The van der Waals surface area contributed by atoms with Crippen molar-refractivity contribution in [2.24, 2.45) is 5.92 Å². The van der Waals surface area contributed by atoms with Gasteiger partial charge >= 0.3 is 6.18 Å². The van der Waals surface area contributed by atoms with Gasteiger partial charge in [-0.1, -0.05) is 0 Å². The topological polar surface area (TPSA) is 54.5 Å². The van der Waals surface area contributed by atoms with Crippen molar-refractivity contribution in [1.82, 2.24) is 15.2 Å². The summed E-state index contributed by atoms with van der Waals surface area (Å²) < 4.78 is 40.7. The van der Waals surface area contributed by atoms with E-state index in [9.17, 15) is 18.0 Å². The molecule has 2 heterocycles. The second kappa shape index (κ2) is 7.63. The number of aromatic nitrogens is 1. The first-order valence-electron chi connectivity index (χ1n) is 7.48. The van der Waals surface area contributed by atoms with Gasteiger partial charge in [0.05, 0.1) is 5.56 Å². The maximum atomic E-state index is 12.3. The number of ether oxygens (including phenoxy) is 1. The Labute approximate surface area is 132 Å². The van der Waals surface area contributed by atoms with E-state index < -0.39 is 12.8 Å². The minimum Gasteiger partial charge on any atom is -0.468 e. The largest absolute Gasteiger partial charge is 0.468 e. The summed E-state index contributed by atoms with van der Waals surface area (Å²) in [5.41, 5.74) is 0.358. The Morgan fingerprint density at radius 3 is 2.61 bits per heavy atom. The molecule has 1 aromatic heterocycles. The number of pyridine rings is 1. The summed E-state index contributed by atoms with van der Waals surface area (Å²) in [6.07, 6.45) is -1.28. The molecule has 1 aliphatic rings. The summed E-state index contributed by atoms with van der Waals surface area (Å²) in [4.78, 5) is 17.9. The number of rotatable bonds is 5. The van der Waals surface area contributed by atoms with Crippen LogP contribution in [0.25, 0.3) is 0 Å². The Morgan fingerprint density at radius 2 is 2.09 bits per heavy atom. The van der Waals surface area contributed by atoms with Gasteiger partial charge in [-0.2, -0.15) is 13.2 Å². The summed E-state index contributed by atoms with van der Waals surface area (Å²) in [7, 11) is 1.91. The molecule has 0 bridgehead atoms. The zero-order valence-corrected chi connectivity index (χ0v) is 12.9. The molecule has 1 fully saturated rings. The molecule has 0 unspecified atom stereocenters. The van der Waals surface area contributed by atoms with E-state index in [0.717, 1.165) is 19.4 Å². The third-order valence-electron chi connectivity index (χ3n) is 3.76. The summed E-state index contributed by atoms with van der Waals surface area (Å²) in [6.45, 7) is 0.899. The van der Waals surface area contributed by atoms with Gasteiger partial charge in [-0.15, -0.1) is 0 Å². The zero-order chi connectivity index (χ0) is 16.9. The normalized spacial score (nSPS) is 16.4. The predicted octanol–water partition coefficient (Wildman–Crippen LogP) is 2.09. The number of nitrogens with one attached hydrogen (secondary N) is 1. The molecule has 0 atom stereocenters. The first-order chi connectivity index (χ1) is 10.9. The first kappa shape index (κ1) is 17.5. The summed E-state index contributed by atoms with van der Waals surface area (Å²) in [5.74, 6) is 0.273. The fourth-order valence-electron chi connectivity index (χ4n) is 2.56. The predicted molar refractivity (Wildman–Crippen MR) is 78.3 cm³/mol. The Hall–Kier alpha value is -1.83. The van der Waals surface area contributed by atoms with Crippen LogP contribution < -0.4 is 10.1 Å². The van der Waals surface area contributed by atoms with Crippen molar-refractivity contribution in [1.29, 1.82) is 0 Å². The van der Waals surface area contributed by atoms with Crippen molar-refractivity contribution in [2.45, 2.75) is 19.0 Å². The number of carbonyl (C=O) groups excluding carboxylic acids is 1. The van der Waals surface area contributed by atoms with E-state index in [1.807, 2.05) is 7.05 Å². The fraction of sp³-hybridized carbons (Fsp3) is 0.600. The lowest BCUT2D eigenvalue weighted by atomic mass is 9.96. The van der Waals surface area contributed by atoms with E-state index in [4.69, 9.17) is 0 Å². The minimum absolute atomic E-state index is 0.147. The number of carbonyl (C=O) groups is 1. The number of piperidine rings is 1. The number of hydrogen-bond donors (Lipinski definition) is 1. The van der Waals surface area contributed by atoms with E-state index in [-0.39, 0.29) is 11.8 Å². The van der Waals surface area contributed by atoms with Crippen LogP contribution in [0.5, 0.6) is 5.88 Å². The molecular formula is C15H20F3N3O2. The van der Waals surface area contributed by atoms with E-state index in [2.05, 4.69) is 15.0 Å². The second-order valence-electron chi connectivity index (χ2n) is 5.58. The minimum atomic E-state index is -4.41. The van der Waals surface area contributed by atoms with Gasteiger partial charge in [-0.25, -0.2) is 4.98 Å². The van der Waals surface area contributed by atoms with Crippen LogP contribution in [-0.2, 0) is 0 Å². The van der Waals surface area contributed by atoms with Crippen molar-refractivity contribution >= 4 is 5.91 Å². The third-order valence-corrected chi connectivity index (χ3v) is 3.76. The van der Waals surface area contributed by atoms with Crippen LogP contribution in [-0.4, -0.2) is 55.3 Å². The highest BCUT2D eigenvalue weighted by Gasteiger charge is 2.29. The molecule has 0 aromatic carbocycles. The van der Waals surface area contributed by atoms with Crippen LogP contribution in [0.15, 0.2) is 18.3 Å². The Kier molecular flexibility index (Phi) is 5.81. The quantitative estimate of drug-likeness (QED) is 0.898. The lowest BCUT2D eigenvalue weighted by Gasteiger charge is -2.31. The number of hydrogen-bond acceptors (Lipinski definition) is 4. The fourth-order valence-corrected chi connectivity index (χ4v) is 2.56. The molecule has 5 nitrogen and oxygen atoms in total. The molecule has 1 amide bonds. The zero-order valence-electron chi connectivity index (χ0n) is 12.9. The summed E-state index contributed by atoms with van der Waals surface area (Å²) in [6, 6.07) is 2.73. The Balaban J connectivity index is 1.88. The monoisotopic (exact) mass is 331 g/mol. The number of amides is 1. The van der Waals surface area contributed by atoms with Gasteiger partial charge in [0, 0.05) is 25.4 Å². The van der Waals surface area contributed by atoms with Gasteiger partial charge in [0.1, 0.15) is 0 Å². The molecule has 2 rings (SSSR count). The molecular weight excluding hydrogens is 311 g/mol. The summed E-state index contributed by atoms with van der Waals surface area (Å²) in [5, 5.41) is 3.13. The lowest BCUT2D eigenvalue weighted by molar-refractivity contribution is -0.154. The molecule has 8 heteroatoms. The van der Waals surface area contributed by atoms with Crippen molar-refractivity contribution in [2.75, 3.05) is 33.3 Å². The van der Waals surface area contributed by atoms with E-state index in [0.29, 0.717) is 24.6 Å². The van der Waals surface area contributed by atoms with Crippen molar-refractivity contribution in [3.63, 3.8) is 0 Å². The van der Waals surface area contributed by atoms with Crippen LogP contribution in [0.4, 0.5) is 13.2 Å². The molecule has 1 aliphatic heterocycles. The maximum absolute atomic E-state index is 12.3. The smallest absolute Gasteiger partial charge is 0.422 e. The van der Waals surface area contributed by atoms with Gasteiger partial charge < -0.3 is 15.0 Å². The molecule has 1 aromatic rings. The standard InChI is InChI=1S/C15H20F3N3O2/c1-19-8-11-4-6-21(7-5-11)14(22)12-2-3-13(20-9-12)23-10-15(16,17)18/h2-3,9,11,19H,4-8,10H2,1H3. The van der Waals surface area contributed by atoms with Gasteiger partial charge in [0.25, 0.3) is 5.91 Å². The molecule has 0 radical (unpaired) electrons. The van der Waals surface area contributed by atoms with Gasteiger partial charge in [-0.3, -0.25) is 4.79 Å². The highest BCUT2D eigenvalue weighted by atomic mass is 19.4. The van der Waals surface area contributed by atoms with Crippen LogP contribution in [0, 0.1) is 5.92 Å². The van der Waals surface area contributed by atoms with Crippen LogP contribution in [0.1, 0.15) is 23.2 Å². The van der Waals surface area contributed by atoms with Crippen LogP contribution in [0.2, 0.25) is 0 Å². The molecule has 0 spiro atoms. The van der Waals surface area contributed by atoms with E-state index in [1.165, 1.54) is 18.3 Å². The van der Waals surface area contributed by atoms with Crippen LogP contribution >= 0.6 is 0 Å². The number of nitrogens with zero attached hydrogens (tertiary/aromatic N) is 2. The van der Waals surface area contributed by atoms with Gasteiger partial charge in [0.15, 0.2) is 6.61 Å². The number of halogens is 3. The van der Waals surface area contributed by atoms with E-state index in [1.54, 1.807) is 4.90 Å². The van der Waals surface area contributed by atoms with Gasteiger partial charge in [-0.05, 0) is 38.4 Å². The van der Waals surface area contributed by atoms with Crippen molar-refractivity contribution < 1.29 is 22.7 Å². The molecule has 0 saturated carbocycles.